The minimum atomic E-state index is -1.03. The molecule has 1 N–H and O–H groups in total. The van der Waals surface area contributed by atoms with Crippen molar-refractivity contribution in [2.24, 2.45) is 17.3 Å². The van der Waals surface area contributed by atoms with Crippen molar-refractivity contribution in [1.82, 2.24) is 4.90 Å². The van der Waals surface area contributed by atoms with Gasteiger partial charge in [0.1, 0.15) is 5.92 Å². The van der Waals surface area contributed by atoms with Gasteiger partial charge in [0.15, 0.2) is 0 Å². The molecule has 1 atom stereocenters. The summed E-state index contributed by atoms with van der Waals surface area (Å²) in [5, 5.41) is 9.32. The van der Waals surface area contributed by atoms with E-state index in [9.17, 15) is 14.7 Å². The summed E-state index contributed by atoms with van der Waals surface area (Å²) in [5.41, 5.74) is -0.565. The van der Waals surface area contributed by atoms with E-state index in [-0.39, 0.29) is 5.91 Å². The number of amides is 1. The average Bonchev–Trinajstić information content (AvgIpc) is 2.28. The number of carbonyl (C=O) groups is 2. The summed E-state index contributed by atoms with van der Waals surface area (Å²) in [6, 6.07) is 0. The van der Waals surface area contributed by atoms with E-state index in [1.54, 1.807) is 25.7 Å². The molecule has 4 nitrogen and oxygen atoms in total. The van der Waals surface area contributed by atoms with Gasteiger partial charge >= 0.3 is 5.97 Å². The molecule has 0 aliphatic rings. The van der Waals surface area contributed by atoms with Gasteiger partial charge in [-0.05, 0) is 18.3 Å². The van der Waals surface area contributed by atoms with Crippen molar-refractivity contribution in [2.45, 2.75) is 54.4 Å². The van der Waals surface area contributed by atoms with Crippen molar-refractivity contribution in [2.75, 3.05) is 13.1 Å². The predicted octanol–water partition coefficient (Wildman–Crippen LogP) is 3.02. The highest BCUT2D eigenvalue weighted by Crippen LogP contribution is 2.28. The molecule has 0 heterocycles. The van der Waals surface area contributed by atoms with E-state index in [2.05, 4.69) is 13.8 Å². The summed E-state index contributed by atoms with van der Waals surface area (Å²) < 4.78 is 0. The third-order valence-corrected chi connectivity index (χ3v) is 3.69. The Bertz CT molecular complexity index is 303. The van der Waals surface area contributed by atoms with Crippen LogP contribution >= 0.6 is 0 Å². The lowest BCUT2D eigenvalue weighted by atomic mass is 9.79. The molecule has 0 spiro atoms. The van der Waals surface area contributed by atoms with Crippen molar-refractivity contribution >= 4 is 11.9 Å². The molecule has 1 unspecified atom stereocenters. The van der Waals surface area contributed by atoms with E-state index in [0.29, 0.717) is 19.0 Å². The molecular weight excluding hydrogens is 242 g/mol. The standard InChI is InChI=1S/C15H29NO3/c1-7-11(8-2)10-16(9-3)13(17)12(14(18)19)15(4,5)6/h11-12H,7-10H2,1-6H3,(H,18,19). The maximum Gasteiger partial charge on any atom is 0.316 e. The van der Waals surface area contributed by atoms with Crippen molar-refractivity contribution < 1.29 is 14.7 Å². The quantitative estimate of drug-likeness (QED) is 0.724. The Balaban J connectivity index is 5.04. The van der Waals surface area contributed by atoms with Gasteiger partial charge in [0.25, 0.3) is 0 Å². The number of rotatable bonds is 7. The number of aliphatic carboxylic acids is 1. The minimum absolute atomic E-state index is 0.255. The second kappa shape index (κ2) is 7.51. The van der Waals surface area contributed by atoms with Crippen molar-refractivity contribution in [3.63, 3.8) is 0 Å². The molecule has 0 aliphatic heterocycles. The van der Waals surface area contributed by atoms with Crippen LogP contribution in [0.15, 0.2) is 0 Å². The molecule has 0 saturated heterocycles. The summed E-state index contributed by atoms with van der Waals surface area (Å²) in [5.74, 6) is -1.81. The van der Waals surface area contributed by atoms with Crippen LogP contribution in [0.25, 0.3) is 0 Å². The Morgan fingerprint density at radius 1 is 1.11 bits per heavy atom. The van der Waals surface area contributed by atoms with Crippen molar-refractivity contribution in [3.8, 4) is 0 Å². The maximum absolute atomic E-state index is 12.5. The van der Waals surface area contributed by atoms with Crippen LogP contribution in [0.4, 0.5) is 0 Å². The largest absolute Gasteiger partial charge is 0.481 e. The number of hydrogen-bond donors (Lipinski definition) is 1. The van der Waals surface area contributed by atoms with Crippen LogP contribution in [0.1, 0.15) is 54.4 Å². The highest BCUT2D eigenvalue weighted by Gasteiger charge is 2.40. The SMILES string of the molecule is CCC(CC)CN(CC)C(=O)C(C(=O)O)C(C)(C)C. The number of carboxylic acids is 1. The van der Waals surface area contributed by atoms with Gasteiger partial charge in [0, 0.05) is 13.1 Å². The molecule has 0 fully saturated rings. The first kappa shape index (κ1) is 17.9. The Morgan fingerprint density at radius 3 is 1.84 bits per heavy atom. The van der Waals surface area contributed by atoms with Crippen molar-refractivity contribution in [3.05, 3.63) is 0 Å². The summed E-state index contributed by atoms with van der Waals surface area (Å²) in [4.78, 5) is 25.6. The zero-order valence-corrected chi connectivity index (χ0v) is 13.2. The van der Waals surface area contributed by atoms with Crippen molar-refractivity contribution in [1.29, 1.82) is 0 Å². The van der Waals surface area contributed by atoms with Gasteiger partial charge in [-0.3, -0.25) is 9.59 Å². The van der Waals surface area contributed by atoms with Crippen LogP contribution in [0, 0.1) is 17.3 Å². The highest BCUT2D eigenvalue weighted by atomic mass is 16.4. The van der Waals surface area contributed by atoms with Crippen LogP contribution < -0.4 is 0 Å². The first-order chi connectivity index (χ1) is 8.68. The zero-order valence-electron chi connectivity index (χ0n) is 13.2. The average molecular weight is 271 g/mol. The van der Waals surface area contributed by atoms with Crippen LogP contribution in [-0.2, 0) is 9.59 Å². The summed E-state index contributed by atoms with van der Waals surface area (Å²) in [6.45, 7) is 12.7. The second-order valence-electron chi connectivity index (χ2n) is 6.20. The molecule has 0 bridgehead atoms. The van der Waals surface area contributed by atoms with Gasteiger partial charge in [0.05, 0.1) is 0 Å². The number of carboxylic acid groups (broad SMARTS) is 1. The molecule has 0 aromatic heterocycles. The number of nitrogens with zero attached hydrogens (tertiary/aromatic N) is 1. The Hall–Kier alpha value is -1.06. The highest BCUT2D eigenvalue weighted by molar-refractivity contribution is 5.97. The molecule has 112 valence electrons. The van der Waals surface area contributed by atoms with Gasteiger partial charge in [-0.1, -0.05) is 47.5 Å². The molecule has 4 heteroatoms. The number of carbonyl (C=O) groups excluding carboxylic acids is 1. The molecule has 19 heavy (non-hydrogen) atoms. The molecular formula is C15H29NO3. The Kier molecular flexibility index (Phi) is 7.09. The summed E-state index contributed by atoms with van der Waals surface area (Å²) in [6.07, 6.45) is 2.01. The van der Waals surface area contributed by atoms with Crippen LogP contribution in [-0.4, -0.2) is 35.0 Å². The van der Waals surface area contributed by atoms with Crippen LogP contribution in [0.2, 0.25) is 0 Å². The van der Waals surface area contributed by atoms with Gasteiger partial charge in [-0.2, -0.15) is 0 Å². The lowest BCUT2D eigenvalue weighted by Crippen LogP contribution is -2.46. The summed E-state index contributed by atoms with van der Waals surface area (Å²) in [7, 11) is 0. The van der Waals surface area contributed by atoms with E-state index < -0.39 is 17.3 Å². The fraction of sp³-hybridized carbons (Fsp3) is 0.867. The van der Waals surface area contributed by atoms with E-state index in [1.165, 1.54) is 0 Å². The van der Waals surface area contributed by atoms with Gasteiger partial charge < -0.3 is 10.0 Å². The maximum atomic E-state index is 12.5. The molecule has 0 radical (unpaired) electrons. The van der Waals surface area contributed by atoms with E-state index >= 15 is 0 Å². The molecule has 0 aromatic rings. The third kappa shape index (κ3) is 5.21. The third-order valence-electron chi connectivity index (χ3n) is 3.69. The molecule has 1 amide bonds. The monoisotopic (exact) mass is 271 g/mol. The van der Waals surface area contributed by atoms with E-state index in [1.807, 2.05) is 6.92 Å². The fourth-order valence-corrected chi connectivity index (χ4v) is 2.26. The summed E-state index contributed by atoms with van der Waals surface area (Å²) >= 11 is 0. The lowest BCUT2D eigenvalue weighted by Gasteiger charge is -2.33. The van der Waals surface area contributed by atoms with E-state index in [4.69, 9.17) is 0 Å². The normalized spacial score (nSPS) is 13.4. The molecule has 0 saturated carbocycles. The smallest absolute Gasteiger partial charge is 0.316 e. The fourth-order valence-electron chi connectivity index (χ4n) is 2.26. The molecule has 0 rings (SSSR count). The Labute approximate surface area is 117 Å². The van der Waals surface area contributed by atoms with Crippen LogP contribution in [0.3, 0.4) is 0 Å². The van der Waals surface area contributed by atoms with E-state index in [0.717, 1.165) is 12.8 Å². The predicted molar refractivity (Wildman–Crippen MR) is 76.9 cm³/mol. The van der Waals surface area contributed by atoms with Gasteiger partial charge in [-0.25, -0.2) is 0 Å². The molecule has 0 aliphatic carbocycles. The van der Waals surface area contributed by atoms with Gasteiger partial charge in [0.2, 0.25) is 5.91 Å². The zero-order chi connectivity index (χ0) is 15.2. The van der Waals surface area contributed by atoms with Gasteiger partial charge in [-0.15, -0.1) is 0 Å². The topological polar surface area (TPSA) is 57.6 Å². The lowest BCUT2D eigenvalue weighted by molar-refractivity contribution is -0.156. The second-order valence-corrected chi connectivity index (χ2v) is 6.20. The first-order valence-electron chi connectivity index (χ1n) is 7.20. The Morgan fingerprint density at radius 2 is 1.58 bits per heavy atom. The molecule has 0 aromatic carbocycles. The number of hydrogen-bond acceptors (Lipinski definition) is 2. The minimum Gasteiger partial charge on any atom is -0.481 e. The van der Waals surface area contributed by atoms with Crippen LogP contribution in [0.5, 0.6) is 0 Å². The first-order valence-corrected chi connectivity index (χ1v) is 7.20.